The Hall–Kier alpha value is -0.380. The molecule has 1 aliphatic carbocycles. The molecular formula is C14H18Cl2N2O. The van der Waals surface area contributed by atoms with Gasteiger partial charge in [-0.25, -0.2) is 9.97 Å². The highest BCUT2D eigenvalue weighted by Crippen LogP contribution is 2.40. The Balaban J connectivity index is 1.80. The maximum absolute atomic E-state index is 6.33. The van der Waals surface area contributed by atoms with Crippen LogP contribution < -0.4 is 0 Å². The summed E-state index contributed by atoms with van der Waals surface area (Å²) in [5.41, 5.74) is 0.965. The minimum absolute atomic E-state index is 0.448. The van der Waals surface area contributed by atoms with Gasteiger partial charge in [-0.1, -0.05) is 36.0 Å². The summed E-state index contributed by atoms with van der Waals surface area (Å²) in [5.74, 6) is 1.71. The molecule has 1 atom stereocenters. The summed E-state index contributed by atoms with van der Waals surface area (Å²) in [6, 6.07) is 0. The van der Waals surface area contributed by atoms with E-state index in [-0.39, 0.29) is 0 Å². The molecule has 19 heavy (non-hydrogen) atoms. The summed E-state index contributed by atoms with van der Waals surface area (Å²) >= 11 is 12.7. The Morgan fingerprint density at radius 1 is 1.05 bits per heavy atom. The Morgan fingerprint density at radius 2 is 1.74 bits per heavy atom. The fourth-order valence-corrected chi connectivity index (χ4v) is 3.83. The van der Waals surface area contributed by atoms with Gasteiger partial charge in [-0.3, -0.25) is 0 Å². The van der Waals surface area contributed by atoms with Crippen molar-refractivity contribution in [2.75, 3.05) is 13.2 Å². The number of rotatable bonds is 3. The largest absolute Gasteiger partial charge is 0.381 e. The molecule has 1 unspecified atom stereocenters. The molecule has 1 aromatic heterocycles. The Bertz CT molecular complexity index is 432. The van der Waals surface area contributed by atoms with Crippen LogP contribution in [0.1, 0.15) is 49.4 Å². The van der Waals surface area contributed by atoms with Crippen molar-refractivity contribution in [3.63, 3.8) is 0 Å². The number of halogens is 2. The fourth-order valence-electron chi connectivity index (χ4n) is 3.10. The third kappa shape index (κ3) is 3.04. The number of nitrogens with zero attached hydrogens (tertiary/aromatic N) is 2. The van der Waals surface area contributed by atoms with Crippen LogP contribution in [-0.2, 0) is 11.2 Å². The molecule has 1 saturated carbocycles. The molecule has 1 aliphatic heterocycles. The average molecular weight is 301 g/mol. The van der Waals surface area contributed by atoms with Crippen molar-refractivity contribution in [2.24, 2.45) is 5.92 Å². The summed E-state index contributed by atoms with van der Waals surface area (Å²) in [6.07, 6.45) is 6.68. The second-order valence-electron chi connectivity index (χ2n) is 5.55. The SMILES string of the molecule is Clc1nc(CC2CCOC2)nc(Cl)c1C1CCCC1. The molecule has 2 heterocycles. The highest BCUT2D eigenvalue weighted by atomic mass is 35.5. The van der Waals surface area contributed by atoms with Crippen LogP contribution in [0.5, 0.6) is 0 Å². The summed E-state index contributed by atoms with van der Waals surface area (Å²) in [4.78, 5) is 8.91. The normalized spacial score (nSPS) is 24.2. The molecular weight excluding hydrogens is 283 g/mol. The number of ether oxygens (including phenoxy) is 1. The van der Waals surface area contributed by atoms with Gasteiger partial charge < -0.3 is 4.74 Å². The van der Waals surface area contributed by atoms with Crippen LogP contribution in [0, 0.1) is 5.92 Å². The zero-order valence-electron chi connectivity index (χ0n) is 10.9. The predicted octanol–water partition coefficient (Wildman–Crippen LogP) is 4.02. The standard InChI is InChI=1S/C14H18Cl2N2O/c15-13-12(10-3-1-2-4-10)14(16)18-11(17-13)7-9-5-6-19-8-9/h9-10H,1-8H2. The monoisotopic (exact) mass is 300 g/mol. The molecule has 0 radical (unpaired) electrons. The van der Waals surface area contributed by atoms with Gasteiger partial charge in [0.15, 0.2) is 0 Å². The fraction of sp³-hybridized carbons (Fsp3) is 0.714. The third-order valence-electron chi connectivity index (χ3n) is 4.16. The Morgan fingerprint density at radius 3 is 2.32 bits per heavy atom. The second kappa shape index (κ2) is 5.94. The van der Waals surface area contributed by atoms with E-state index < -0.39 is 0 Å². The molecule has 2 fully saturated rings. The lowest BCUT2D eigenvalue weighted by atomic mass is 10.0. The smallest absolute Gasteiger partial charge is 0.137 e. The number of aromatic nitrogens is 2. The van der Waals surface area contributed by atoms with Crippen molar-refractivity contribution >= 4 is 23.2 Å². The third-order valence-corrected chi connectivity index (χ3v) is 4.73. The molecule has 5 heteroatoms. The minimum atomic E-state index is 0.448. The van der Waals surface area contributed by atoms with Gasteiger partial charge in [0.25, 0.3) is 0 Å². The van der Waals surface area contributed by atoms with E-state index in [0.717, 1.165) is 50.3 Å². The van der Waals surface area contributed by atoms with Gasteiger partial charge >= 0.3 is 0 Å². The lowest BCUT2D eigenvalue weighted by Crippen LogP contribution is -2.09. The van der Waals surface area contributed by atoms with Crippen molar-refractivity contribution in [2.45, 2.75) is 44.4 Å². The molecule has 3 rings (SSSR count). The molecule has 0 amide bonds. The van der Waals surface area contributed by atoms with Crippen LogP contribution in [0.25, 0.3) is 0 Å². The highest BCUT2D eigenvalue weighted by Gasteiger charge is 2.25. The van der Waals surface area contributed by atoms with E-state index in [2.05, 4.69) is 9.97 Å². The van der Waals surface area contributed by atoms with E-state index in [0.29, 0.717) is 22.1 Å². The van der Waals surface area contributed by atoms with Gasteiger partial charge in [0.2, 0.25) is 0 Å². The molecule has 1 aromatic rings. The molecule has 0 bridgehead atoms. The maximum atomic E-state index is 6.33. The summed E-state index contributed by atoms with van der Waals surface area (Å²) in [6.45, 7) is 1.63. The van der Waals surface area contributed by atoms with Crippen LogP contribution in [0.2, 0.25) is 10.3 Å². The molecule has 1 saturated heterocycles. The summed E-state index contributed by atoms with van der Waals surface area (Å²) < 4.78 is 5.37. The van der Waals surface area contributed by atoms with Crippen molar-refractivity contribution < 1.29 is 4.74 Å². The lowest BCUT2D eigenvalue weighted by molar-refractivity contribution is 0.185. The summed E-state index contributed by atoms with van der Waals surface area (Å²) in [5, 5.41) is 1.11. The zero-order valence-corrected chi connectivity index (χ0v) is 12.4. The van der Waals surface area contributed by atoms with Gasteiger partial charge in [0, 0.05) is 25.2 Å². The molecule has 0 aromatic carbocycles. The molecule has 2 aliphatic rings. The van der Waals surface area contributed by atoms with Gasteiger partial charge in [-0.15, -0.1) is 0 Å². The van der Waals surface area contributed by atoms with E-state index in [1.54, 1.807) is 0 Å². The molecule has 0 N–H and O–H groups in total. The van der Waals surface area contributed by atoms with Crippen molar-refractivity contribution in [3.8, 4) is 0 Å². The van der Waals surface area contributed by atoms with Crippen LogP contribution in [0.4, 0.5) is 0 Å². The molecule has 0 spiro atoms. The van der Waals surface area contributed by atoms with Gasteiger partial charge in [0.1, 0.15) is 16.1 Å². The Kier molecular flexibility index (Phi) is 4.25. The zero-order chi connectivity index (χ0) is 13.2. The molecule has 3 nitrogen and oxygen atoms in total. The topological polar surface area (TPSA) is 35.0 Å². The van der Waals surface area contributed by atoms with Gasteiger partial charge in [-0.05, 0) is 31.1 Å². The van der Waals surface area contributed by atoms with E-state index in [9.17, 15) is 0 Å². The first-order chi connectivity index (χ1) is 9.24. The van der Waals surface area contributed by atoms with Crippen LogP contribution in [-0.4, -0.2) is 23.2 Å². The van der Waals surface area contributed by atoms with E-state index in [1.165, 1.54) is 12.8 Å². The van der Waals surface area contributed by atoms with Crippen LogP contribution >= 0.6 is 23.2 Å². The number of hydrogen-bond acceptors (Lipinski definition) is 3. The second-order valence-corrected chi connectivity index (χ2v) is 6.27. The first-order valence-electron chi connectivity index (χ1n) is 7.03. The quantitative estimate of drug-likeness (QED) is 0.791. The van der Waals surface area contributed by atoms with Crippen molar-refractivity contribution in [1.29, 1.82) is 0 Å². The average Bonchev–Trinajstić information content (AvgIpc) is 3.01. The van der Waals surface area contributed by atoms with Crippen LogP contribution in [0.15, 0.2) is 0 Å². The lowest BCUT2D eigenvalue weighted by Gasteiger charge is -2.14. The Labute approximate surface area is 123 Å². The molecule has 104 valence electrons. The minimum Gasteiger partial charge on any atom is -0.381 e. The summed E-state index contributed by atoms with van der Waals surface area (Å²) in [7, 11) is 0. The van der Waals surface area contributed by atoms with Crippen molar-refractivity contribution in [3.05, 3.63) is 21.7 Å². The van der Waals surface area contributed by atoms with E-state index >= 15 is 0 Å². The van der Waals surface area contributed by atoms with Gasteiger partial charge in [0.05, 0.1) is 0 Å². The van der Waals surface area contributed by atoms with Gasteiger partial charge in [-0.2, -0.15) is 0 Å². The maximum Gasteiger partial charge on any atom is 0.137 e. The highest BCUT2D eigenvalue weighted by molar-refractivity contribution is 6.34. The predicted molar refractivity (Wildman–Crippen MR) is 75.9 cm³/mol. The first-order valence-corrected chi connectivity index (χ1v) is 7.79. The van der Waals surface area contributed by atoms with E-state index in [1.807, 2.05) is 0 Å². The van der Waals surface area contributed by atoms with Crippen LogP contribution in [0.3, 0.4) is 0 Å². The van der Waals surface area contributed by atoms with E-state index in [4.69, 9.17) is 27.9 Å². The number of hydrogen-bond donors (Lipinski definition) is 0. The first kappa shape index (κ1) is 13.6. The van der Waals surface area contributed by atoms with Crippen molar-refractivity contribution in [1.82, 2.24) is 9.97 Å².